The monoisotopic (exact) mass is 709 g/mol. The lowest BCUT2D eigenvalue weighted by molar-refractivity contribution is -0.143. The highest BCUT2D eigenvalue weighted by molar-refractivity contribution is 6.42. The number of oxime groups is 1. The second-order valence-electron chi connectivity index (χ2n) is 12.1. The lowest BCUT2D eigenvalue weighted by atomic mass is 9.88. The summed E-state index contributed by atoms with van der Waals surface area (Å²) in [5.74, 6) is -0.154. The molecular formula is C33H39Cl2F6N3O3. The van der Waals surface area contributed by atoms with Gasteiger partial charge in [0.15, 0.2) is 0 Å². The molecule has 0 aromatic heterocycles. The van der Waals surface area contributed by atoms with Crippen LogP contribution in [-0.2, 0) is 33.3 Å². The van der Waals surface area contributed by atoms with Crippen molar-refractivity contribution in [3.8, 4) is 0 Å². The molecule has 1 amide bonds. The zero-order valence-corrected chi connectivity index (χ0v) is 27.5. The lowest BCUT2D eigenvalue weighted by Gasteiger charge is -2.34. The van der Waals surface area contributed by atoms with Crippen molar-refractivity contribution in [3.63, 3.8) is 0 Å². The number of piperidine rings is 1. The summed E-state index contributed by atoms with van der Waals surface area (Å²) >= 11 is 12.5. The van der Waals surface area contributed by atoms with E-state index in [2.05, 4.69) is 15.4 Å². The number of rotatable bonds is 12. The van der Waals surface area contributed by atoms with Crippen LogP contribution in [0.3, 0.4) is 0 Å². The van der Waals surface area contributed by atoms with E-state index in [4.69, 9.17) is 32.8 Å². The first-order chi connectivity index (χ1) is 22.2. The Hall–Kier alpha value is -2.54. The van der Waals surface area contributed by atoms with Gasteiger partial charge in [0.1, 0.15) is 7.11 Å². The van der Waals surface area contributed by atoms with E-state index in [1.165, 1.54) is 13.5 Å². The molecule has 1 saturated carbocycles. The van der Waals surface area contributed by atoms with Crippen molar-refractivity contribution >= 4 is 34.8 Å². The van der Waals surface area contributed by atoms with E-state index in [-0.39, 0.29) is 36.1 Å². The molecule has 0 spiro atoms. The SMILES string of the molecule is CO/N=C(\COCc1cc(C(F)(F)F)cc(C(F)(F)F)c1)C(CCN1CCC(NC(=O)C2CCCCC2)CC1)c1ccc(Cl)c(Cl)c1. The molecule has 0 bridgehead atoms. The number of nitrogens with one attached hydrogen (secondary N) is 1. The molecule has 1 atom stereocenters. The number of amides is 1. The Morgan fingerprint density at radius 1 is 0.936 bits per heavy atom. The third-order valence-corrected chi connectivity index (χ3v) is 9.51. The molecule has 2 fully saturated rings. The fraction of sp³-hybridized carbons (Fsp3) is 0.576. The number of likely N-dealkylation sites (tertiary alicyclic amines) is 1. The number of alkyl halides is 6. The van der Waals surface area contributed by atoms with E-state index in [1.807, 2.05) is 0 Å². The van der Waals surface area contributed by atoms with Gasteiger partial charge in [-0.3, -0.25) is 4.79 Å². The van der Waals surface area contributed by atoms with Gasteiger partial charge in [0.2, 0.25) is 5.91 Å². The number of hydrogen-bond acceptors (Lipinski definition) is 5. The molecule has 2 aromatic carbocycles. The maximum Gasteiger partial charge on any atom is 0.416 e. The zero-order chi connectivity index (χ0) is 34.2. The van der Waals surface area contributed by atoms with Gasteiger partial charge in [-0.05, 0) is 80.1 Å². The van der Waals surface area contributed by atoms with Crippen LogP contribution in [-0.4, -0.2) is 55.9 Å². The number of nitrogens with zero attached hydrogens (tertiary/aromatic N) is 2. The third-order valence-electron chi connectivity index (χ3n) is 8.77. The maximum atomic E-state index is 13.3. The fourth-order valence-corrected chi connectivity index (χ4v) is 6.54. The van der Waals surface area contributed by atoms with Gasteiger partial charge in [0, 0.05) is 31.0 Å². The standard InChI is InChI=1S/C33H39Cl2F6N3O3/c1-46-43-30(20-47-19-21-15-24(32(36,37)38)18-25(16-21)33(39,40)41)27(23-7-8-28(34)29(35)17-23)11-14-44-12-9-26(10-13-44)42-31(45)22-5-3-2-4-6-22/h7-8,15-18,22,26-27H,2-6,9-14,19-20H2,1H3,(H,42,45)/b43-30+. The predicted octanol–water partition coefficient (Wildman–Crippen LogP) is 8.88. The topological polar surface area (TPSA) is 63.2 Å². The minimum absolute atomic E-state index is 0.0785. The lowest BCUT2D eigenvalue weighted by Crippen LogP contribution is -2.46. The Morgan fingerprint density at radius 2 is 1.57 bits per heavy atom. The summed E-state index contributed by atoms with van der Waals surface area (Å²) in [6, 6.07) is 6.59. The van der Waals surface area contributed by atoms with E-state index in [0.29, 0.717) is 40.9 Å². The normalized spacial score (nSPS) is 18.3. The first kappa shape index (κ1) is 37.3. The molecular weight excluding hydrogens is 671 g/mol. The molecule has 1 aliphatic carbocycles. The van der Waals surface area contributed by atoms with Crippen molar-refractivity contribution in [2.24, 2.45) is 11.1 Å². The van der Waals surface area contributed by atoms with E-state index in [0.717, 1.165) is 57.2 Å². The molecule has 4 rings (SSSR count). The zero-order valence-electron chi connectivity index (χ0n) is 26.0. The quantitative estimate of drug-likeness (QED) is 0.136. The molecule has 14 heteroatoms. The summed E-state index contributed by atoms with van der Waals surface area (Å²) in [4.78, 5) is 20.1. The molecule has 260 valence electrons. The summed E-state index contributed by atoms with van der Waals surface area (Å²) in [5.41, 5.74) is -1.99. The summed E-state index contributed by atoms with van der Waals surface area (Å²) in [5, 5.41) is 8.03. The van der Waals surface area contributed by atoms with Crippen molar-refractivity contribution in [1.82, 2.24) is 10.2 Å². The van der Waals surface area contributed by atoms with Crippen LogP contribution in [0.15, 0.2) is 41.6 Å². The minimum Gasteiger partial charge on any atom is -0.399 e. The van der Waals surface area contributed by atoms with E-state index >= 15 is 0 Å². The smallest absolute Gasteiger partial charge is 0.399 e. The first-order valence-corrected chi connectivity index (χ1v) is 16.4. The van der Waals surface area contributed by atoms with Gasteiger partial charge in [0.25, 0.3) is 0 Å². The van der Waals surface area contributed by atoms with Crippen LogP contribution in [0.25, 0.3) is 0 Å². The molecule has 2 aliphatic rings. The van der Waals surface area contributed by atoms with Crippen molar-refractivity contribution in [2.75, 3.05) is 33.4 Å². The van der Waals surface area contributed by atoms with Gasteiger partial charge in [-0.15, -0.1) is 0 Å². The Kier molecular flexibility index (Phi) is 13.3. The molecule has 1 N–H and O–H groups in total. The second kappa shape index (κ2) is 16.7. The van der Waals surface area contributed by atoms with Crippen LogP contribution in [0.1, 0.15) is 79.5 Å². The highest BCUT2D eigenvalue weighted by Gasteiger charge is 2.37. The summed E-state index contributed by atoms with van der Waals surface area (Å²) in [6.07, 6.45) is -2.49. The average molecular weight is 711 g/mol. The van der Waals surface area contributed by atoms with Gasteiger partial charge in [-0.2, -0.15) is 26.3 Å². The fourth-order valence-electron chi connectivity index (χ4n) is 6.24. The van der Waals surface area contributed by atoms with Crippen LogP contribution < -0.4 is 5.32 Å². The second-order valence-corrected chi connectivity index (χ2v) is 13.0. The highest BCUT2D eigenvalue weighted by atomic mass is 35.5. The Bertz CT molecular complexity index is 1340. The van der Waals surface area contributed by atoms with Crippen LogP contribution in [0.5, 0.6) is 0 Å². The van der Waals surface area contributed by atoms with Gasteiger partial charge in [-0.1, -0.05) is 53.7 Å². The van der Waals surface area contributed by atoms with Crippen LogP contribution in [0, 0.1) is 5.92 Å². The van der Waals surface area contributed by atoms with Crippen LogP contribution >= 0.6 is 23.2 Å². The van der Waals surface area contributed by atoms with Gasteiger partial charge >= 0.3 is 12.4 Å². The van der Waals surface area contributed by atoms with Crippen molar-refractivity contribution in [3.05, 3.63) is 68.7 Å². The number of halogens is 8. The number of hydrogen-bond donors (Lipinski definition) is 1. The Labute approximate surface area is 280 Å². The van der Waals surface area contributed by atoms with Crippen molar-refractivity contribution in [1.29, 1.82) is 0 Å². The molecule has 1 saturated heterocycles. The van der Waals surface area contributed by atoms with Crippen LogP contribution in [0.2, 0.25) is 10.0 Å². The molecule has 0 radical (unpaired) electrons. The number of benzene rings is 2. The number of carbonyl (C=O) groups is 1. The average Bonchev–Trinajstić information content (AvgIpc) is 3.03. The van der Waals surface area contributed by atoms with E-state index in [1.54, 1.807) is 18.2 Å². The summed E-state index contributed by atoms with van der Waals surface area (Å²) in [7, 11) is 1.33. The van der Waals surface area contributed by atoms with Gasteiger partial charge in [0.05, 0.1) is 40.1 Å². The molecule has 47 heavy (non-hydrogen) atoms. The molecule has 1 heterocycles. The molecule has 1 aliphatic heterocycles. The predicted molar refractivity (Wildman–Crippen MR) is 169 cm³/mol. The number of ether oxygens (including phenoxy) is 1. The Morgan fingerprint density at radius 3 is 2.15 bits per heavy atom. The van der Waals surface area contributed by atoms with Gasteiger partial charge < -0.3 is 19.8 Å². The first-order valence-electron chi connectivity index (χ1n) is 15.7. The summed E-state index contributed by atoms with van der Waals surface area (Å²) < 4.78 is 85.7. The Balaban J connectivity index is 1.42. The van der Waals surface area contributed by atoms with Gasteiger partial charge in [-0.25, -0.2) is 0 Å². The molecule has 1 unspecified atom stereocenters. The largest absolute Gasteiger partial charge is 0.416 e. The van der Waals surface area contributed by atoms with E-state index < -0.39 is 36.0 Å². The molecule has 6 nitrogen and oxygen atoms in total. The van der Waals surface area contributed by atoms with Crippen molar-refractivity contribution < 1.29 is 40.7 Å². The minimum atomic E-state index is -4.97. The summed E-state index contributed by atoms with van der Waals surface area (Å²) in [6.45, 7) is 1.43. The van der Waals surface area contributed by atoms with E-state index in [9.17, 15) is 31.1 Å². The number of carbonyl (C=O) groups excluding carboxylic acids is 1. The molecule has 2 aromatic rings. The van der Waals surface area contributed by atoms with Crippen LogP contribution in [0.4, 0.5) is 26.3 Å². The van der Waals surface area contributed by atoms with Crippen molar-refractivity contribution in [2.45, 2.75) is 82.3 Å². The maximum absolute atomic E-state index is 13.3. The third kappa shape index (κ3) is 11.0. The highest BCUT2D eigenvalue weighted by Crippen LogP contribution is 2.37.